The maximum Gasteiger partial charge on any atom is 0.290 e. The Bertz CT molecular complexity index is 1190. The number of aromatic nitrogens is 4. The maximum atomic E-state index is 13.4. The molecule has 6 nitrogen and oxygen atoms in total. The van der Waals surface area contributed by atoms with Gasteiger partial charge in [0, 0.05) is 25.4 Å². The molecule has 0 unspecified atom stereocenters. The zero-order valence-corrected chi connectivity index (χ0v) is 16.0. The molecule has 0 saturated heterocycles. The van der Waals surface area contributed by atoms with Crippen LogP contribution in [0.3, 0.4) is 0 Å². The molecule has 5 rings (SSSR count). The lowest BCUT2D eigenvalue weighted by atomic mass is 9.91. The second-order valence-electron chi connectivity index (χ2n) is 7.09. The Hall–Kier alpha value is -3.12. The van der Waals surface area contributed by atoms with Gasteiger partial charge in [-0.15, -0.1) is 0 Å². The van der Waals surface area contributed by atoms with Crippen molar-refractivity contribution < 1.29 is 4.79 Å². The molecule has 28 heavy (non-hydrogen) atoms. The molecule has 0 spiro atoms. The summed E-state index contributed by atoms with van der Waals surface area (Å²) in [7, 11) is 1.88. The van der Waals surface area contributed by atoms with Gasteiger partial charge in [-0.05, 0) is 29.7 Å². The van der Waals surface area contributed by atoms with E-state index < -0.39 is 0 Å². The van der Waals surface area contributed by atoms with Gasteiger partial charge in [0.15, 0.2) is 5.82 Å². The van der Waals surface area contributed by atoms with E-state index in [2.05, 4.69) is 27.2 Å². The number of amides is 1. The lowest BCUT2D eigenvalue weighted by Crippen LogP contribution is -2.39. The van der Waals surface area contributed by atoms with Crippen molar-refractivity contribution in [3.8, 4) is 0 Å². The molecule has 0 radical (unpaired) electrons. The van der Waals surface area contributed by atoms with Gasteiger partial charge in [0.25, 0.3) is 5.91 Å². The molecule has 1 amide bonds. The largest absolute Gasteiger partial charge is 0.333 e. The number of carbonyl (C=O) groups is 1. The van der Waals surface area contributed by atoms with Crippen molar-refractivity contribution in [2.75, 3.05) is 0 Å². The fourth-order valence-electron chi connectivity index (χ4n) is 3.88. The second kappa shape index (κ2) is 6.49. The lowest BCUT2D eigenvalue weighted by Gasteiger charge is -2.36. The lowest BCUT2D eigenvalue weighted by molar-refractivity contribution is 0.0626. The smallest absolute Gasteiger partial charge is 0.290 e. The summed E-state index contributed by atoms with van der Waals surface area (Å²) in [5.74, 6) is 0.159. The number of aryl methyl sites for hydroxylation is 1. The van der Waals surface area contributed by atoms with Gasteiger partial charge in [0.2, 0.25) is 0 Å². The monoisotopic (exact) mass is 391 g/mol. The molecule has 7 heteroatoms. The minimum atomic E-state index is -0.143. The summed E-state index contributed by atoms with van der Waals surface area (Å²) in [6, 6.07) is 13.6. The zero-order valence-electron chi connectivity index (χ0n) is 15.3. The Kier molecular flexibility index (Phi) is 3.94. The van der Waals surface area contributed by atoms with Crippen LogP contribution in [0, 0.1) is 0 Å². The number of benzene rings is 2. The summed E-state index contributed by atoms with van der Waals surface area (Å²) in [5.41, 5.74) is 4.80. The van der Waals surface area contributed by atoms with E-state index in [1.807, 2.05) is 48.6 Å². The number of H-pyrrole nitrogens is 1. The summed E-state index contributed by atoms with van der Waals surface area (Å²) < 4.78 is 1.76. The van der Waals surface area contributed by atoms with Crippen LogP contribution in [0.4, 0.5) is 0 Å². The first-order chi connectivity index (χ1) is 13.6. The SMILES string of the molecule is Cn1cc([C@@H]2Cc3ccccc3CN2C(=O)c2nc3cccc(Cl)c3[nH]2)cn1. The van der Waals surface area contributed by atoms with Crippen LogP contribution in [-0.4, -0.2) is 30.6 Å². The Labute approximate surface area is 166 Å². The third kappa shape index (κ3) is 2.77. The van der Waals surface area contributed by atoms with Crippen molar-refractivity contribution in [2.45, 2.75) is 19.0 Å². The quantitative estimate of drug-likeness (QED) is 0.563. The van der Waals surface area contributed by atoms with Crippen molar-refractivity contribution >= 4 is 28.5 Å². The van der Waals surface area contributed by atoms with Crippen molar-refractivity contribution in [3.63, 3.8) is 0 Å². The minimum absolute atomic E-state index is 0.0974. The number of carbonyl (C=O) groups excluding carboxylic acids is 1. The number of hydrogen-bond donors (Lipinski definition) is 1. The van der Waals surface area contributed by atoms with Crippen LogP contribution in [0.15, 0.2) is 54.9 Å². The van der Waals surface area contributed by atoms with E-state index in [9.17, 15) is 4.79 Å². The Balaban J connectivity index is 1.58. The Morgan fingerprint density at radius 3 is 2.75 bits per heavy atom. The first-order valence-corrected chi connectivity index (χ1v) is 9.48. The van der Waals surface area contributed by atoms with E-state index in [4.69, 9.17) is 11.6 Å². The molecule has 1 atom stereocenters. The van der Waals surface area contributed by atoms with Gasteiger partial charge in [-0.3, -0.25) is 9.48 Å². The molecule has 2 aromatic heterocycles. The van der Waals surface area contributed by atoms with E-state index in [1.165, 1.54) is 5.56 Å². The van der Waals surface area contributed by atoms with Crippen molar-refractivity contribution in [3.05, 3.63) is 82.4 Å². The van der Waals surface area contributed by atoms with Gasteiger partial charge in [-0.2, -0.15) is 5.10 Å². The number of nitrogens with one attached hydrogen (secondary N) is 1. The van der Waals surface area contributed by atoms with Crippen molar-refractivity contribution in [1.29, 1.82) is 0 Å². The van der Waals surface area contributed by atoms with Crippen LogP contribution in [0.1, 0.15) is 33.4 Å². The highest BCUT2D eigenvalue weighted by Crippen LogP contribution is 2.34. The van der Waals surface area contributed by atoms with Gasteiger partial charge in [-0.1, -0.05) is 41.9 Å². The normalized spacial score (nSPS) is 16.4. The van der Waals surface area contributed by atoms with Crippen molar-refractivity contribution in [1.82, 2.24) is 24.6 Å². The van der Waals surface area contributed by atoms with Gasteiger partial charge in [0.1, 0.15) is 0 Å². The molecule has 140 valence electrons. The number of nitrogens with zero attached hydrogens (tertiary/aromatic N) is 4. The van der Waals surface area contributed by atoms with E-state index in [0.717, 1.165) is 17.5 Å². The zero-order chi connectivity index (χ0) is 19.3. The first kappa shape index (κ1) is 17.0. The van der Waals surface area contributed by atoms with E-state index in [0.29, 0.717) is 28.4 Å². The molecule has 1 aliphatic rings. The number of hydrogen-bond acceptors (Lipinski definition) is 3. The molecule has 3 heterocycles. The third-order valence-electron chi connectivity index (χ3n) is 5.29. The standard InChI is InChI=1S/C21H18ClN5O/c1-26-11-15(10-23-26)18-9-13-5-2-3-6-14(13)12-27(18)21(28)20-24-17-8-4-7-16(22)19(17)25-20/h2-8,10-11,18H,9,12H2,1H3,(H,24,25)/t18-/m0/s1. The predicted molar refractivity (Wildman–Crippen MR) is 107 cm³/mol. The van der Waals surface area contributed by atoms with Crippen LogP contribution in [-0.2, 0) is 20.0 Å². The Morgan fingerprint density at radius 1 is 1.18 bits per heavy atom. The van der Waals surface area contributed by atoms with E-state index in [-0.39, 0.29) is 11.9 Å². The highest BCUT2D eigenvalue weighted by Gasteiger charge is 2.33. The molecule has 2 aromatic carbocycles. The molecular weight excluding hydrogens is 374 g/mol. The topological polar surface area (TPSA) is 66.8 Å². The second-order valence-corrected chi connectivity index (χ2v) is 7.50. The molecular formula is C21H18ClN5O. The van der Waals surface area contributed by atoms with Gasteiger partial charge >= 0.3 is 0 Å². The average Bonchev–Trinajstić information content (AvgIpc) is 3.33. The summed E-state index contributed by atoms with van der Waals surface area (Å²) in [6.07, 6.45) is 4.54. The molecule has 0 saturated carbocycles. The maximum absolute atomic E-state index is 13.4. The molecule has 4 aromatic rings. The molecule has 0 fully saturated rings. The fraction of sp³-hybridized carbons (Fsp3) is 0.190. The highest BCUT2D eigenvalue weighted by atomic mass is 35.5. The van der Waals surface area contributed by atoms with Crippen LogP contribution < -0.4 is 0 Å². The molecule has 0 bridgehead atoms. The van der Waals surface area contributed by atoms with Gasteiger partial charge in [0.05, 0.1) is 28.3 Å². The first-order valence-electron chi connectivity index (χ1n) is 9.10. The molecule has 0 aliphatic carbocycles. The summed E-state index contributed by atoms with van der Waals surface area (Å²) >= 11 is 6.25. The minimum Gasteiger partial charge on any atom is -0.333 e. The Morgan fingerprint density at radius 2 is 2.00 bits per heavy atom. The number of rotatable bonds is 2. The number of fused-ring (bicyclic) bond motifs is 2. The predicted octanol–water partition coefficient (Wildman–Crippen LogP) is 3.89. The van der Waals surface area contributed by atoms with E-state index in [1.54, 1.807) is 10.7 Å². The van der Waals surface area contributed by atoms with Crippen LogP contribution in [0.25, 0.3) is 11.0 Å². The summed E-state index contributed by atoms with van der Waals surface area (Å²) in [4.78, 5) is 22.9. The number of para-hydroxylation sites is 1. The summed E-state index contributed by atoms with van der Waals surface area (Å²) in [5, 5.41) is 4.85. The number of imidazole rings is 1. The van der Waals surface area contributed by atoms with Crippen LogP contribution in [0.2, 0.25) is 5.02 Å². The van der Waals surface area contributed by atoms with E-state index >= 15 is 0 Å². The summed E-state index contributed by atoms with van der Waals surface area (Å²) in [6.45, 7) is 0.527. The van der Waals surface area contributed by atoms with Crippen molar-refractivity contribution in [2.24, 2.45) is 7.05 Å². The third-order valence-corrected chi connectivity index (χ3v) is 5.60. The van der Waals surface area contributed by atoms with Crippen LogP contribution in [0.5, 0.6) is 0 Å². The van der Waals surface area contributed by atoms with Gasteiger partial charge < -0.3 is 9.88 Å². The van der Waals surface area contributed by atoms with Gasteiger partial charge in [-0.25, -0.2) is 4.98 Å². The number of aromatic amines is 1. The highest BCUT2D eigenvalue weighted by molar-refractivity contribution is 6.35. The fourth-order valence-corrected chi connectivity index (χ4v) is 4.10. The van der Waals surface area contributed by atoms with Crippen LogP contribution >= 0.6 is 11.6 Å². The molecule has 1 N–H and O–H groups in total. The number of halogens is 1. The molecule has 1 aliphatic heterocycles. The average molecular weight is 392 g/mol.